The molecule has 0 saturated carbocycles. The molecule has 0 atom stereocenters. The summed E-state index contributed by atoms with van der Waals surface area (Å²) in [5.41, 5.74) is 0.600. The second-order valence-corrected chi connectivity index (χ2v) is 5.25. The highest BCUT2D eigenvalue weighted by atomic mass is 35.5. The molecular formula is C18H17ClN2O3. The topological polar surface area (TPSA) is 62.6 Å². The van der Waals surface area contributed by atoms with E-state index in [4.69, 9.17) is 26.3 Å². The zero-order valence-corrected chi connectivity index (χ0v) is 14.0. The van der Waals surface area contributed by atoms with Crippen molar-refractivity contribution in [2.75, 3.05) is 25.2 Å². The Morgan fingerprint density at radius 2 is 1.83 bits per heavy atom. The Morgan fingerprint density at radius 3 is 2.50 bits per heavy atom. The summed E-state index contributed by atoms with van der Waals surface area (Å²) < 4.78 is 10.8. The molecule has 2 aromatic carbocycles. The van der Waals surface area contributed by atoms with Crippen molar-refractivity contribution in [1.82, 2.24) is 0 Å². The maximum Gasteiger partial charge on any atom is 0.265 e. The van der Waals surface area contributed by atoms with E-state index in [1.807, 2.05) is 12.1 Å². The molecule has 6 heteroatoms. The first kappa shape index (κ1) is 17.6. The molecule has 0 aliphatic rings. The smallest absolute Gasteiger partial charge is 0.265 e. The summed E-state index contributed by atoms with van der Waals surface area (Å²) in [4.78, 5) is 14.1. The number of benzene rings is 2. The molecule has 0 aliphatic carbocycles. The molecule has 0 spiro atoms. The van der Waals surface area contributed by atoms with Crippen molar-refractivity contribution in [2.45, 2.75) is 6.42 Å². The molecule has 0 radical (unpaired) electrons. The number of ether oxygens (including phenoxy) is 2. The van der Waals surface area contributed by atoms with E-state index in [1.165, 1.54) is 12.0 Å². The predicted molar refractivity (Wildman–Crippen MR) is 92.5 cm³/mol. The first-order valence-corrected chi connectivity index (χ1v) is 7.73. The lowest BCUT2D eigenvalue weighted by Gasteiger charge is -2.23. The lowest BCUT2D eigenvalue weighted by molar-refractivity contribution is -0.120. The molecule has 0 aromatic heterocycles. The van der Waals surface area contributed by atoms with E-state index in [1.54, 1.807) is 42.5 Å². The average molecular weight is 345 g/mol. The second kappa shape index (κ2) is 8.80. The van der Waals surface area contributed by atoms with Crippen molar-refractivity contribution in [3.05, 3.63) is 53.6 Å². The number of methoxy groups -OCH3 is 1. The third-order valence-electron chi connectivity index (χ3n) is 3.31. The van der Waals surface area contributed by atoms with Gasteiger partial charge in [0.15, 0.2) is 6.61 Å². The van der Waals surface area contributed by atoms with Gasteiger partial charge in [0, 0.05) is 6.54 Å². The van der Waals surface area contributed by atoms with E-state index in [0.717, 1.165) is 0 Å². The highest BCUT2D eigenvalue weighted by Gasteiger charge is 2.19. The van der Waals surface area contributed by atoms with Crippen LogP contribution < -0.4 is 14.4 Å². The van der Waals surface area contributed by atoms with Crippen LogP contribution in [0, 0.1) is 11.3 Å². The summed E-state index contributed by atoms with van der Waals surface area (Å²) in [6, 6.07) is 16.1. The minimum Gasteiger partial charge on any atom is -0.495 e. The summed E-state index contributed by atoms with van der Waals surface area (Å²) >= 11 is 6.02. The minimum absolute atomic E-state index is 0.187. The van der Waals surface area contributed by atoms with E-state index < -0.39 is 0 Å². The summed E-state index contributed by atoms with van der Waals surface area (Å²) in [6.45, 7) is 0.0643. The van der Waals surface area contributed by atoms with Crippen molar-refractivity contribution < 1.29 is 14.3 Å². The number of nitrogens with zero attached hydrogens (tertiary/aromatic N) is 2. The normalized spacial score (nSPS) is 9.88. The van der Waals surface area contributed by atoms with Crippen molar-refractivity contribution in [1.29, 1.82) is 5.26 Å². The van der Waals surface area contributed by atoms with Crippen LogP contribution in [0.15, 0.2) is 48.5 Å². The van der Waals surface area contributed by atoms with Crippen LogP contribution >= 0.6 is 11.6 Å². The van der Waals surface area contributed by atoms with Gasteiger partial charge in [0.2, 0.25) is 0 Å². The van der Waals surface area contributed by atoms with Crippen LogP contribution in [0.4, 0.5) is 5.69 Å². The minimum atomic E-state index is -0.283. The highest BCUT2D eigenvalue weighted by molar-refractivity contribution is 6.32. The number of rotatable bonds is 7. The molecule has 1 amide bonds. The van der Waals surface area contributed by atoms with Gasteiger partial charge in [-0.25, -0.2) is 0 Å². The van der Waals surface area contributed by atoms with Crippen LogP contribution in [0.25, 0.3) is 0 Å². The lowest BCUT2D eigenvalue weighted by Crippen LogP contribution is -2.36. The van der Waals surface area contributed by atoms with Crippen LogP contribution in [-0.2, 0) is 4.79 Å². The number of hydrogen-bond donors (Lipinski definition) is 0. The molecule has 0 aliphatic heterocycles. The molecule has 124 valence electrons. The third kappa shape index (κ3) is 4.40. The van der Waals surface area contributed by atoms with Gasteiger partial charge in [-0.1, -0.05) is 35.9 Å². The summed E-state index contributed by atoms with van der Waals surface area (Å²) in [5.74, 6) is 0.712. The van der Waals surface area contributed by atoms with Gasteiger partial charge in [0.25, 0.3) is 5.91 Å². The van der Waals surface area contributed by atoms with Crippen LogP contribution in [0.2, 0.25) is 5.02 Å². The Labute approximate surface area is 146 Å². The third-order valence-corrected chi connectivity index (χ3v) is 3.62. The number of anilines is 1. The van der Waals surface area contributed by atoms with E-state index in [2.05, 4.69) is 0 Å². The number of halogens is 1. The van der Waals surface area contributed by atoms with Gasteiger partial charge in [0.05, 0.1) is 30.3 Å². The van der Waals surface area contributed by atoms with Crippen molar-refractivity contribution in [3.63, 3.8) is 0 Å². The number of para-hydroxylation sites is 3. The van der Waals surface area contributed by atoms with Gasteiger partial charge in [-0.3, -0.25) is 4.79 Å². The van der Waals surface area contributed by atoms with Crippen LogP contribution in [0.1, 0.15) is 6.42 Å². The molecule has 0 heterocycles. The Hall–Kier alpha value is -2.71. The molecule has 0 bridgehead atoms. The number of nitriles is 1. The van der Waals surface area contributed by atoms with Gasteiger partial charge in [0.1, 0.15) is 11.5 Å². The molecule has 2 aromatic rings. The first-order valence-electron chi connectivity index (χ1n) is 7.35. The molecule has 0 fully saturated rings. The molecule has 2 rings (SSSR count). The fourth-order valence-electron chi connectivity index (χ4n) is 2.17. The standard InChI is InChI=1S/C18H17ClN2O3/c1-23-17-10-5-3-8-15(17)21(12-6-11-20)18(22)13-24-16-9-4-2-7-14(16)19/h2-5,7-10H,6,12-13H2,1H3. The Morgan fingerprint density at radius 1 is 1.17 bits per heavy atom. The average Bonchev–Trinajstić information content (AvgIpc) is 2.61. The largest absolute Gasteiger partial charge is 0.495 e. The predicted octanol–water partition coefficient (Wildman–Crippen LogP) is 3.67. The zero-order chi connectivity index (χ0) is 17.4. The molecule has 5 nitrogen and oxygen atoms in total. The maximum absolute atomic E-state index is 12.6. The number of amides is 1. The van der Waals surface area contributed by atoms with Crippen molar-refractivity contribution in [2.24, 2.45) is 0 Å². The van der Waals surface area contributed by atoms with E-state index in [-0.39, 0.29) is 25.5 Å². The molecular weight excluding hydrogens is 328 g/mol. The first-order chi connectivity index (χ1) is 11.7. The Kier molecular flexibility index (Phi) is 6.47. The molecule has 0 saturated heterocycles. The van der Waals surface area contributed by atoms with Gasteiger partial charge < -0.3 is 14.4 Å². The van der Waals surface area contributed by atoms with Gasteiger partial charge in [-0.2, -0.15) is 5.26 Å². The lowest BCUT2D eigenvalue weighted by atomic mass is 10.2. The van der Waals surface area contributed by atoms with E-state index >= 15 is 0 Å². The Balaban J connectivity index is 2.16. The van der Waals surface area contributed by atoms with E-state index in [0.29, 0.717) is 22.2 Å². The molecule has 0 N–H and O–H groups in total. The maximum atomic E-state index is 12.6. The monoisotopic (exact) mass is 344 g/mol. The summed E-state index contributed by atoms with van der Waals surface area (Å²) in [6.07, 6.45) is 0.204. The number of hydrogen-bond acceptors (Lipinski definition) is 4. The number of carbonyl (C=O) groups excluding carboxylic acids is 1. The van der Waals surface area contributed by atoms with Gasteiger partial charge in [-0.15, -0.1) is 0 Å². The quantitative estimate of drug-likeness (QED) is 0.768. The molecule has 24 heavy (non-hydrogen) atoms. The fourth-order valence-corrected chi connectivity index (χ4v) is 2.36. The van der Waals surface area contributed by atoms with Crippen LogP contribution in [0.3, 0.4) is 0 Å². The van der Waals surface area contributed by atoms with Crippen LogP contribution in [-0.4, -0.2) is 26.2 Å². The summed E-state index contributed by atoms with van der Waals surface area (Å²) in [5, 5.41) is 9.28. The SMILES string of the molecule is COc1ccccc1N(CCC#N)C(=O)COc1ccccc1Cl. The highest BCUT2D eigenvalue weighted by Crippen LogP contribution is 2.28. The molecule has 0 unspecified atom stereocenters. The second-order valence-electron chi connectivity index (χ2n) is 4.84. The summed E-state index contributed by atoms with van der Waals surface area (Å²) in [7, 11) is 1.53. The van der Waals surface area contributed by atoms with E-state index in [9.17, 15) is 4.79 Å². The van der Waals surface area contributed by atoms with Crippen LogP contribution in [0.5, 0.6) is 11.5 Å². The Bertz CT molecular complexity index is 743. The number of carbonyl (C=O) groups is 1. The zero-order valence-electron chi connectivity index (χ0n) is 13.2. The van der Waals surface area contributed by atoms with Gasteiger partial charge >= 0.3 is 0 Å². The van der Waals surface area contributed by atoms with Crippen molar-refractivity contribution >= 4 is 23.2 Å². The van der Waals surface area contributed by atoms with Crippen molar-refractivity contribution in [3.8, 4) is 17.6 Å². The fraction of sp³-hybridized carbons (Fsp3) is 0.222. The van der Waals surface area contributed by atoms with Gasteiger partial charge in [-0.05, 0) is 24.3 Å².